The number of carbonyl (C=O) groups is 1. The quantitative estimate of drug-likeness (QED) is 0.233. The number of benzene rings is 2. The van der Waals surface area contributed by atoms with E-state index in [4.69, 9.17) is 20.4 Å². The number of carboxylic acids is 1. The molecule has 30 heavy (non-hydrogen) atoms. The minimum absolute atomic E-state index is 0.0157. The van der Waals surface area contributed by atoms with Crippen LogP contribution in [0.15, 0.2) is 84.1 Å². The first kappa shape index (κ1) is 20.5. The summed E-state index contributed by atoms with van der Waals surface area (Å²) >= 11 is 10.1. The highest BCUT2D eigenvalue weighted by molar-refractivity contribution is 9.10. The molecule has 0 atom stereocenters. The van der Waals surface area contributed by atoms with E-state index in [1.54, 1.807) is 36.4 Å². The van der Waals surface area contributed by atoms with Gasteiger partial charge in [0.1, 0.15) is 16.4 Å². The Kier molecular flexibility index (Phi) is 6.08. The van der Waals surface area contributed by atoms with E-state index in [1.807, 2.05) is 24.3 Å². The molecule has 0 bridgehead atoms. The number of furan rings is 1. The fourth-order valence-electron chi connectivity index (χ4n) is 2.52. The second kappa shape index (κ2) is 8.91. The van der Waals surface area contributed by atoms with Crippen molar-refractivity contribution in [3.63, 3.8) is 0 Å². The lowest BCUT2D eigenvalue weighted by molar-refractivity contribution is -0.131. The molecule has 9 heteroatoms. The first-order chi connectivity index (χ1) is 14.5. The summed E-state index contributed by atoms with van der Waals surface area (Å²) in [5.74, 6) is 0.170. The van der Waals surface area contributed by atoms with Crippen LogP contribution < -0.4 is 0 Å². The molecule has 2 heterocycles. The molecule has 0 spiro atoms. The van der Waals surface area contributed by atoms with Crippen LogP contribution in [-0.2, 0) is 4.79 Å². The summed E-state index contributed by atoms with van der Waals surface area (Å²) in [7, 11) is 0. The standard InChI is InChI=1S/C21H12BrClN2O4S/c22-14-5-1-12(2-6-14)17-10-9-16(28-17)11-18(20(26)27)30-21-25-24-19(29-21)13-3-7-15(23)8-4-13/h1-11H,(H,26,27)/b18-11-. The lowest BCUT2D eigenvalue weighted by Gasteiger charge is -1.98. The number of nitrogens with zero attached hydrogens (tertiary/aromatic N) is 2. The van der Waals surface area contributed by atoms with E-state index in [1.165, 1.54) is 6.08 Å². The van der Waals surface area contributed by atoms with Gasteiger partial charge in [-0.15, -0.1) is 10.2 Å². The monoisotopic (exact) mass is 502 g/mol. The van der Waals surface area contributed by atoms with Gasteiger partial charge in [-0.1, -0.05) is 39.7 Å². The van der Waals surface area contributed by atoms with Gasteiger partial charge in [0, 0.05) is 26.7 Å². The first-order valence-corrected chi connectivity index (χ1v) is 10.5. The van der Waals surface area contributed by atoms with Gasteiger partial charge in [0.25, 0.3) is 5.22 Å². The third-order valence-electron chi connectivity index (χ3n) is 3.93. The van der Waals surface area contributed by atoms with Crippen LogP contribution in [0.5, 0.6) is 0 Å². The molecule has 2 aromatic heterocycles. The average Bonchev–Trinajstić information content (AvgIpc) is 3.38. The predicted molar refractivity (Wildman–Crippen MR) is 118 cm³/mol. The third-order valence-corrected chi connectivity index (χ3v) is 5.57. The number of aliphatic carboxylic acids is 1. The lowest BCUT2D eigenvalue weighted by Crippen LogP contribution is -1.96. The van der Waals surface area contributed by atoms with Crippen molar-refractivity contribution in [2.24, 2.45) is 0 Å². The SMILES string of the molecule is O=C(O)/C(=C/c1ccc(-c2ccc(Br)cc2)o1)Sc1nnc(-c2ccc(Cl)cc2)o1. The van der Waals surface area contributed by atoms with E-state index in [-0.39, 0.29) is 16.0 Å². The van der Waals surface area contributed by atoms with Gasteiger partial charge in [-0.2, -0.15) is 0 Å². The highest BCUT2D eigenvalue weighted by atomic mass is 79.9. The summed E-state index contributed by atoms with van der Waals surface area (Å²) in [6, 6.07) is 18.0. The molecule has 0 fully saturated rings. The van der Waals surface area contributed by atoms with Crippen LogP contribution in [0.2, 0.25) is 5.02 Å². The molecule has 6 nitrogen and oxygen atoms in total. The number of aromatic nitrogens is 2. The number of hydrogen-bond acceptors (Lipinski definition) is 6. The van der Waals surface area contributed by atoms with Gasteiger partial charge in [-0.05, 0) is 60.3 Å². The smallest absolute Gasteiger partial charge is 0.342 e. The van der Waals surface area contributed by atoms with Crippen molar-refractivity contribution in [2.45, 2.75) is 5.22 Å². The molecule has 0 aliphatic heterocycles. The molecule has 4 aromatic rings. The highest BCUT2D eigenvalue weighted by Crippen LogP contribution is 2.31. The predicted octanol–water partition coefficient (Wildman–Crippen LogP) is 6.63. The van der Waals surface area contributed by atoms with Gasteiger partial charge in [0.15, 0.2) is 0 Å². The fraction of sp³-hybridized carbons (Fsp3) is 0. The molecule has 0 saturated carbocycles. The molecule has 150 valence electrons. The molecular weight excluding hydrogens is 492 g/mol. The maximum Gasteiger partial charge on any atom is 0.342 e. The summed E-state index contributed by atoms with van der Waals surface area (Å²) in [5, 5.41) is 18.1. The summed E-state index contributed by atoms with van der Waals surface area (Å²) in [4.78, 5) is 11.7. The Labute approximate surface area is 188 Å². The molecule has 0 radical (unpaired) electrons. The zero-order chi connectivity index (χ0) is 21.1. The summed E-state index contributed by atoms with van der Waals surface area (Å²) in [6.45, 7) is 0. The molecule has 4 rings (SSSR count). The number of hydrogen-bond donors (Lipinski definition) is 1. The molecule has 1 N–H and O–H groups in total. The fourth-order valence-corrected chi connectivity index (χ4v) is 3.56. The molecule has 0 aliphatic rings. The van der Waals surface area contributed by atoms with E-state index < -0.39 is 5.97 Å². The normalized spacial score (nSPS) is 11.6. The van der Waals surface area contributed by atoms with Gasteiger partial charge in [-0.25, -0.2) is 4.79 Å². The second-order valence-corrected chi connectivity index (χ2v) is 8.35. The largest absolute Gasteiger partial charge is 0.477 e. The van der Waals surface area contributed by atoms with Crippen molar-refractivity contribution in [1.82, 2.24) is 10.2 Å². The Hall–Kier alpha value is -2.81. The van der Waals surface area contributed by atoms with Gasteiger partial charge in [-0.3, -0.25) is 0 Å². The number of carboxylic acid groups (broad SMARTS) is 1. The minimum Gasteiger partial charge on any atom is -0.477 e. The second-order valence-electron chi connectivity index (χ2n) is 6.00. The van der Waals surface area contributed by atoms with Gasteiger partial charge >= 0.3 is 5.97 Å². The van der Waals surface area contributed by atoms with Crippen molar-refractivity contribution in [1.29, 1.82) is 0 Å². The van der Waals surface area contributed by atoms with Gasteiger partial charge < -0.3 is 13.9 Å². The molecule has 0 saturated heterocycles. The third kappa shape index (κ3) is 4.84. The van der Waals surface area contributed by atoms with Crippen molar-refractivity contribution in [2.75, 3.05) is 0 Å². The Balaban J connectivity index is 1.55. The average molecular weight is 504 g/mol. The zero-order valence-corrected chi connectivity index (χ0v) is 18.2. The maximum atomic E-state index is 11.7. The van der Waals surface area contributed by atoms with Crippen LogP contribution in [0.1, 0.15) is 5.76 Å². The topological polar surface area (TPSA) is 89.4 Å². The summed E-state index contributed by atoms with van der Waals surface area (Å²) < 4.78 is 12.3. The van der Waals surface area contributed by atoms with Crippen molar-refractivity contribution in [3.8, 4) is 22.8 Å². The number of thioether (sulfide) groups is 1. The van der Waals surface area contributed by atoms with E-state index in [2.05, 4.69) is 26.1 Å². The Bertz CT molecular complexity index is 1220. The van der Waals surface area contributed by atoms with Gasteiger partial charge in [0.2, 0.25) is 5.89 Å². The van der Waals surface area contributed by atoms with Gasteiger partial charge in [0.05, 0.1) is 0 Å². The van der Waals surface area contributed by atoms with Crippen LogP contribution >= 0.6 is 39.3 Å². The maximum absolute atomic E-state index is 11.7. The van der Waals surface area contributed by atoms with E-state index >= 15 is 0 Å². The Morgan fingerprint density at radius 1 is 0.967 bits per heavy atom. The lowest BCUT2D eigenvalue weighted by atomic mass is 10.2. The van der Waals surface area contributed by atoms with E-state index in [9.17, 15) is 9.90 Å². The van der Waals surface area contributed by atoms with Crippen LogP contribution in [0.3, 0.4) is 0 Å². The Morgan fingerprint density at radius 2 is 1.67 bits per heavy atom. The van der Waals surface area contributed by atoms with E-state index in [0.717, 1.165) is 21.8 Å². The van der Waals surface area contributed by atoms with E-state index in [0.29, 0.717) is 22.1 Å². The van der Waals surface area contributed by atoms with Crippen LogP contribution in [-0.4, -0.2) is 21.3 Å². The van der Waals surface area contributed by atoms with Crippen molar-refractivity contribution < 1.29 is 18.7 Å². The highest BCUT2D eigenvalue weighted by Gasteiger charge is 2.17. The minimum atomic E-state index is -1.13. The molecular formula is C21H12BrClN2O4S. The Morgan fingerprint density at radius 3 is 2.37 bits per heavy atom. The summed E-state index contributed by atoms with van der Waals surface area (Å²) in [6.07, 6.45) is 1.42. The first-order valence-electron chi connectivity index (χ1n) is 8.56. The van der Waals surface area contributed by atoms with Crippen molar-refractivity contribution in [3.05, 3.63) is 80.8 Å². The molecule has 0 aliphatic carbocycles. The zero-order valence-electron chi connectivity index (χ0n) is 15.1. The molecule has 0 unspecified atom stereocenters. The number of halogens is 2. The molecule has 0 amide bonds. The summed E-state index contributed by atoms with van der Waals surface area (Å²) in [5.41, 5.74) is 1.57. The van der Waals surface area contributed by atoms with Crippen LogP contribution in [0.25, 0.3) is 28.9 Å². The van der Waals surface area contributed by atoms with Crippen LogP contribution in [0, 0.1) is 0 Å². The molecule has 2 aromatic carbocycles. The van der Waals surface area contributed by atoms with Crippen molar-refractivity contribution >= 4 is 51.3 Å². The number of rotatable bonds is 6. The van der Waals surface area contributed by atoms with Crippen LogP contribution in [0.4, 0.5) is 0 Å².